The van der Waals surface area contributed by atoms with Gasteiger partial charge in [-0.3, -0.25) is 0 Å². The smallest absolute Gasteiger partial charge is 0.321 e. The molecule has 1 aromatic carbocycles. The second-order valence-corrected chi connectivity index (χ2v) is 8.14. The van der Waals surface area contributed by atoms with Gasteiger partial charge in [-0.25, -0.2) is 14.8 Å². The molecule has 3 aromatic rings. The summed E-state index contributed by atoms with van der Waals surface area (Å²) in [5.41, 5.74) is 4.34. The number of nitriles is 1. The summed E-state index contributed by atoms with van der Waals surface area (Å²) in [5, 5.41) is 11.7. The van der Waals surface area contributed by atoms with Gasteiger partial charge < -0.3 is 15.0 Å². The summed E-state index contributed by atoms with van der Waals surface area (Å²) in [5.74, 6) is 1.53. The number of ether oxygens (including phenoxy) is 1. The average molecular weight is 440 g/mol. The summed E-state index contributed by atoms with van der Waals surface area (Å²) in [7, 11) is 0. The normalized spacial score (nSPS) is 16.8. The lowest BCUT2D eigenvalue weighted by molar-refractivity contribution is 0.198. The van der Waals surface area contributed by atoms with Crippen molar-refractivity contribution in [3.8, 4) is 17.7 Å². The molecule has 1 N–H and O–H groups in total. The molecule has 33 heavy (non-hydrogen) atoms. The fourth-order valence-electron chi connectivity index (χ4n) is 3.70. The molecule has 1 atom stereocenters. The summed E-state index contributed by atoms with van der Waals surface area (Å²) in [6.45, 7) is 5.38. The molecule has 2 aromatic heterocycles. The molecule has 1 unspecified atom stereocenters. The average Bonchev–Trinajstić information content (AvgIpc) is 2.82. The number of carbonyl (C=O) groups is 1. The summed E-state index contributed by atoms with van der Waals surface area (Å²) < 4.78 is 5.89. The Morgan fingerprint density at radius 2 is 2.09 bits per heavy atom. The molecule has 1 saturated heterocycles. The van der Waals surface area contributed by atoms with E-state index in [1.165, 1.54) is 11.8 Å². The molecule has 3 heterocycles. The Hall–Kier alpha value is -4.18. The van der Waals surface area contributed by atoms with Crippen molar-refractivity contribution in [1.82, 2.24) is 14.9 Å². The van der Waals surface area contributed by atoms with Crippen molar-refractivity contribution in [1.29, 1.82) is 5.26 Å². The third-order valence-electron chi connectivity index (χ3n) is 5.53. The third-order valence-corrected chi connectivity index (χ3v) is 5.53. The van der Waals surface area contributed by atoms with E-state index in [-0.39, 0.29) is 11.9 Å². The first-order valence-corrected chi connectivity index (χ1v) is 10.8. The van der Waals surface area contributed by atoms with Crippen LogP contribution in [-0.4, -0.2) is 34.0 Å². The topological polar surface area (TPSA) is 91.1 Å². The number of hydrogen-bond donors (Lipinski definition) is 1. The van der Waals surface area contributed by atoms with Gasteiger partial charge in [0.1, 0.15) is 17.5 Å². The van der Waals surface area contributed by atoms with Crippen molar-refractivity contribution in [3.05, 3.63) is 83.3 Å². The molecule has 1 aliphatic heterocycles. The predicted molar refractivity (Wildman–Crippen MR) is 127 cm³/mol. The molecule has 2 amide bonds. The Bertz CT molecular complexity index is 1200. The highest BCUT2D eigenvalue weighted by Crippen LogP contribution is 2.27. The van der Waals surface area contributed by atoms with Crippen LogP contribution >= 0.6 is 0 Å². The van der Waals surface area contributed by atoms with E-state index >= 15 is 0 Å². The molecule has 1 fully saturated rings. The molecule has 0 radical (unpaired) electrons. The number of aromatic nitrogens is 2. The van der Waals surface area contributed by atoms with Crippen LogP contribution in [-0.2, 0) is 0 Å². The standard InChI is InChI=1S/C26H25N5O2/c1-18-6-9-25(29-15-18)33-24-5-3-4-20(13-24)12-21-10-11-31(17-19(21)2)26(32)30-23-8-7-22(14-27)28-16-23/h3-9,12-13,15-16,19H,10-11,17H2,1-2H3,(H,30,32). The molecule has 0 spiro atoms. The van der Waals surface area contributed by atoms with Crippen LogP contribution in [0.4, 0.5) is 10.5 Å². The third kappa shape index (κ3) is 5.74. The maximum absolute atomic E-state index is 12.7. The monoisotopic (exact) mass is 439 g/mol. The van der Waals surface area contributed by atoms with Gasteiger partial charge in [0, 0.05) is 25.4 Å². The van der Waals surface area contributed by atoms with Crippen molar-refractivity contribution in [2.24, 2.45) is 5.92 Å². The van der Waals surface area contributed by atoms with Crippen LogP contribution in [0.25, 0.3) is 6.08 Å². The van der Waals surface area contributed by atoms with Crippen LogP contribution in [0.1, 0.15) is 30.2 Å². The van der Waals surface area contributed by atoms with Gasteiger partial charge in [-0.1, -0.05) is 36.8 Å². The van der Waals surface area contributed by atoms with Gasteiger partial charge in [-0.15, -0.1) is 0 Å². The zero-order chi connectivity index (χ0) is 23.2. The number of carbonyl (C=O) groups excluding carboxylic acids is 1. The maximum Gasteiger partial charge on any atom is 0.321 e. The first-order valence-electron chi connectivity index (χ1n) is 10.8. The minimum Gasteiger partial charge on any atom is -0.439 e. The number of urea groups is 1. The Morgan fingerprint density at radius 1 is 1.21 bits per heavy atom. The molecule has 0 bridgehead atoms. The Morgan fingerprint density at radius 3 is 2.79 bits per heavy atom. The minimum absolute atomic E-state index is 0.159. The number of nitrogens with one attached hydrogen (secondary N) is 1. The number of rotatable bonds is 4. The second kappa shape index (κ2) is 9.96. The lowest BCUT2D eigenvalue weighted by Crippen LogP contribution is -2.42. The van der Waals surface area contributed by atoms with Crippen molar-refractivity contribution in [2.75, 3.05) is 18.4 Å². The summed E-state index contributed by atoms with van der Waals surface area (Å²) >= 11 is 0. The van der Waals surface area contributed by atoms with E-state index in [0.717, 1.165) is 23.3 Å². The zero-order valence-corrected chi connectivity index (χ0v) is 18.7. The lowest BCUT2D eigenvalue weighted by Gasteiger charge is -2.33. The molecular weight excluding hydrogens is 414 g/mol. The molecule has 0 saturated carbocycles. The van der Waals surface area contributed by atoms with E-state index < -0.39 is 0 Å². The number of amides is 2. The fourth-order valence-corrected chi connectivity index (χ4v) is 3.70. The molecule has 166 valence electrons. The molecule has 7 nitrogen and oxygen atoms in total. The molecule has 1 aliphatic rings. The number of benzene rings is 1. The van der Waals surface area contributed by atoms with Crippen LogP contribution in [0.15, 0.2) is 66.5 Å². The highest BCUT2D eigenvalue weighted by Gasteiger charge is 2.24. The van der Waals surface area contributed by atoms with Crippen molar-refractivity contribution < 1.29 is 9.53 Å². The number of aryl methyl sites for hydroxylation is 1. The van der Waals surface area contributed by atoms with Gasteiger partial charge in [0.2, 0.25) is 5.88 Å². The zero-order valence-electron chi connectivity index (χ0n) is 18.7. The first kappa shape index (κ1) is 22.0. The number of anilines is 1. The molecule has 7 heteroatoms. The minimum atomic E-state index is -0.159. The summed E-state index contributed by atoms with van der Waals surface area (Å²) in [6, 6.07) is 16.8. The quantitative estimate of drug-likeness (QED) is 0.587. The van der Waals surface area contributed by atoms with Crippen molar-refractivity contribution >= 4 is 17.8 Å². The number of piperidine rings is 1. The predicted octanol–water partition coefficient (Wildman–Crippen LogP) is 5.41. The Kier molecular flexibility index (Phi) is 6.65. The van der Waals surface area contributed by atoms with Crippen LogP contribution < -0.4 is 10.1 Å². The van der Waals surface area contributed by atoms with E-state index in [0.29, 0.717) is 30.4 Å². The van der Waals surface area contributed by atoms with E-state index in [1.807, 2.05) is 54.3 Å². The maximum atomic E-state index is 12.7. The van der Waals surface area contributed by atoms with Crippen LogP contribution in [0.5, 0.6) is 11.6 Å². The van der Waals surface area contributed by atoms with Crippen LogP contribution in [0.2, 0.25) is 0 Å². The largest absolute Gasteiger partial charge is 0.439 e. The fraction of sp³-hybridized carbons (Fsp3) is 0.231. The lowest BCUT2D eigenvalue weighted by atomic mass is 9.91. The van der Waals surface area contributed by atoms with Crippen LogP contribution in [0.3, 0.4) is 0 Å². The number of pyridine rings is 2. The van der Waals surface area contributed by atoms with Gasteiger partial charge >= 0.3 is 6.03 Å². The highest BCUT2D eigenvalue weighted by molar-refractivity contribution is 5.89. The summed E-state index contributed by atoms with van der Waals surface area (Å²) in [4.78, 5) is 22.7. The van der Waals surface area contributed by atoms with Gasteiger partial charge in [0.05, 0.1) is 11.9 Å². The van der Waals surface area contributed by atoms with E-state index in [9.17, 15) is 4.79 Å². The Labute approximate surface area is 193 Å². The van der Waals surface area contributed by atoms with Gasteiger partial charge in [0.25, 0.3) is 0 Å². The van der Waals surface area contributed by atoms with E-state index in [4.69, 9.17) is 10.00 Å². The second-order valence-electron chi connectivity index (χ2n) is 8.14. The van der Waals surface area contributed by atoms with Crippen molar-refractivity contribution in [3.63, 3.8) is 0 Å². The van der Waals surface area contributed by atoms with Gasteiger partial charge in [-0.2, -0.15) is 5.26 Å². The molecule has 4 rings (SSSR count). The number of nitrogens with zero attached hydrogens (tertiary/aromatic N) is 4. The van der Waals surface area contributed by atoms with Crippen molar-refractivity contribution in [2.45, 2.75) is 20.3 Å². The van der Waals surface area contributed by atoms with Gasteiger partial charge in [0.15, 0.2) is 0 Å². The van der Waals surface area contributed by atoms with E-state index in [1.54, 1.807) is 18.3 Å². The highest BCUT2D eigenvalue weighted by atomic mass is 16.5. The van der Waals surface area contributed by atoms with E-state index in [2.05, 4.69) is 28.3 Å². The molecular formula is C26H25N5O2. The molecule has 0 aliphatic carbocycles. The SMILES string of the molecule is Cc1ccc(Oc2cccc(C=C3CCN(C(=O)Nc4ccc(C#N)nc4)CC3C)c2)nc1. The Balaban J connectivity index is 1.38. The number of hydrogen-bond acceptors (Lipinski definition) is 5. The van der Waals surface area contributed by atoms with Gasteiger partial charge in [-0.05, 0) is 54.7 Å². The van der Waals surface area contributed by atoms with Crippen LogP contribution in [0, 0.1) is 24.2 Å². The summed E-state index contributed by atoms with van der Waals surface area (Å²) in [6.07, 6.45) is 6.26. The first-order chi connectivity index (χ1) is 16.0. The number of likely N-dealkylation sites (tertiary alicyclic amines) is 1.